The van der Waals surface area contributed by atoms with Gasteiger partial charge in [-0.3, -0.25) is 9.59 Å². The Morgan fingerprint density at radius 3 is 2.35 bits per heavy atom. The molecule has 0 N–H and O–H groups in total. The number of nitrogens with zero attached hydrogens (tertiary/aromatic N) is 2. The monoisotopic (exact) mass is 360 g/mol. The molecule has 5 heteroatoms. The van der Waals surface area contributed by atoms with Crippen molar-refractivity contribution in [3.63, 3.8) is 0 Å². The molecule has 0 atom stereocenters. The van der Waals surface area contributed by atoms with Gasteiger partial charge in [-0.2, -0.15) is 0 Å². The Labute approximate surface area is 157 Å². The Morgan fingerprint density at radius 2 is 1.65 bits per heavy atom. The van der Waals surface area contributed by atoms with E-state index >= 15 is 0 Å². The SMILES string of the molecule is CCc1ccccc1OCC(=O)N1CCCN(C(=O)C(CC)CC)CC1. The summed E-state index contributed by atoms with van der Waals surface area (Å²) < 4.78 is 5.76. The van der Waals surface area contributed by atoms with E-state index in [-0.39, 0.29) is 24.3 Å². The minimum Gasteiger partial charge on any atom is -0.483 e. The van der Waals surface area contributed by atoms with Crippen molar-refractivity contribution in [3.05, 3.63) is 29.8 Å². The first-order valence-electron chi connectivity index (χ1n) is 9.87. The molecule has 1 fully saturated rings. The van der Waals surface area contributed by atoms with E-state index < -0.39 is 0 Å². The fraction of sp³-hybridized carbons (Fsp3) is 0.619. The molecule has 0 radical (unpaired) electrons. The Morgan fingerprint density at radius 1 is 1.00 bits per heavy atom. The molecular formula is C21H32N2O3. The van der Waals surface area contributed by atoms with Crippen molar-refractivity contribution >= 4 is 11.8 Å². The van der Waals surface area contributed by atoms with Gasteiger partial charge in [-0.05, 0) is 37.3 Å². The summed E-state index contributed by atoms with van der Waals surface area (Å²) in [6.07, 6.45) is 3.45. The third kappa shape index (κ3) is 5.23. The highest BCUT2D eigenvalue weighted by Gasteiger charge is 2.25. The minimum atomic E-state index is -0.00672. The number of ether oxygens (including phenoxy) is 1. The van der Waals surface area contributed by atoms with Crippen LogP contribution in [0.25, 0.3) is 0 Å². The predicted octanol–water partition coefficient (Wildman–Crippen LogP) is 3.12. The van der Waals surface area contributed by atoms with E-state index in [0.717, 1.165) is 43.5 Å². The highest BCUT2D eigenvalue weighted by molar-refractivity contribution is 5.80. The Balaban J connectivity index is 1.88. The maximum atomic E-state index is 12.6. The molecule has 1 heterocycles. The van der Waals surface area contributed by atoms with Gasteiger partial charge in [-0.1, -0.05) is 39.0 Å². The van der Waals surface area contributed by atoms with Gasteiger partial charge in [0, 0.05) is 32.1 Å². The molecule has 1 saturated heterocycles. The number of hydrogen-bond donors (Lipinski definition) is 0. The molecule has 1 aromatic carbocycles. The first-order chi connectivity index (χ1) is 12.6. The van der Waals surface area contributed by atoms with Gasteiger partial charge in [0.05, 0.1) is 0 Å². The van der Waals surface area contributed by atoms with Crippen LogP contribution in [0.1, 0.15) is 45.6 Å². The molecule has 5 nitrogen and oxygen atoms in total. The van der Waals surface area contributed by atoms with E-state index in [1.807, 2.05) is 34.1 Å². The van der Waals surface area contributed by atoms with Gasteiger partial charge >= 0.3 is 0 Å². The third-order valence-corrected chi connectivity index (χ3v) is 5.20. The van der Waals surface area contributed by atoms with E-state index in [2.05, 4.69) is 20.8 Å². The molecule has 0 spiro atoms. The maximum absolute atomic E-state index is 12.6. The predicted molar refractivity (Wildman–Crippen MR) is 103 cm³/mol. The molecule has 0 bridgehead atoms. The van der Waals surface area contributed by atoms with Crippen molar-refractivity contribution in [2.45, 2.75) is 46.5 Å². The zero-order chi connectivity index (χ0) is 18.9. The molecule has 1 aliphatic heterocycles. The van der Waals surface area contributed by atoms with Gasteiger partial charge in [-0.25, -0.2) is 0 Å². The second-order valence-electron chi connectivity index (χ2n) is 6.82. The number of aryl methyl sites for hydroxylation is 1. The van der Waals surface area contributed by atoms with Gasteiger partial charge < -0.3 is 14.5 Å². The van der Waals surface area contributed by atoms with Crippen LogP contribution in [0.4, 0.5) is 0 Å². The topological polar surface area (TPSA) is 49.9 Å². The molecular weight excluding hydrogens is 328 g/mol. The first kappa shape index (κ1) is 20.3. The fourth-order valence-electron chi connectivity index (χ4n) is 3.45. The summed E-state index contributed by atoms with van der Waals surface area (Å²) in [5.41, 5.74) is 1.11. The molecule has 0 aliphatic carbocycles. The van der Waals surface area contributed by atoms with E-state index in [4.69, 9.17) is 4.74 Å². The van der Waals surface area contributed by atoms with Gasteiger partial charge in [0.15, 0.2) is 6.61 Å². The molecule has 0 unspecified atom stereocenters. The summed E-state index contributed by atoms with van der Waals surface area (Å²) in [7, 11) is 0. The van der Waals surface area contributed by atoms with Crippen molar-refractivity contribution in [2.24, 2.45) is 5.92 Å². The van der Waals surface area contributed by atoms with Crippen LogP contribution in [-0.4, -0.2) is 54.4 Å². The van der Waals surface area contributed by atoms with E-state index in [9.17, 15) is 9.59 Å². The summed E-state index contributed by atoms with van der Waals surface area (Å²) in [5.74, 6) is 1.11. The summed E-state index contributed by atoms with van der Waals surface area (Å²) in [4.78, 5) is 28.9. The van der Waals surface area contributed by atoms with E-state index in [1.165, 1.54) is 0 Å². The second-order valence-corrected chi connectivity index (χ2v) is 6.82. The van der Waals surface area contributed by atoms with Crippen molar-refractivity contribution in [3.8, 4) is 5.75 Å². The fourth-order valence-corrected chi connectivity index (χ4v) is 3.45. The lowest BCUT2D eigenvalue weighted by Gasteiger charge is -2.25. The Kier molecular flexibility index (Phi) is 7.95. The molecule has 2 amide bonds. The van der Waals surface area contributed by atoms with Gasteiger partial charge in [0.2, 0.25) is 5.91 Å². The van der Waals surface area contributed by atoms with Crippen LogP contribution in [0.15, 0.2) is 24.3 Å². The molecule has 2 rings (SSSR count). The van der Waals surface area contributed by atoms with Gasteiger partial charge in [0.25, 0.3) is 5.91 Å². The van der Waals surface area contributed by atoms with Crippen molar-refractivity contribution in [2.75, 3.05) is 32.8 Å². The molecule has 0 saturated carbocycles. The number of benzene rings is 1. The number of hydrogen-bond acceptors (Lipinski definition) is 3. The van der Waals surface area contributed by atoms with Crippen LogP contribution in [0, 0.1) is 5.92 Å². The van der Waals surface area contributed by atoms with Crippen molar-refractivity contribution < 1.29 is 14.3 Å². The highest BCUT2D eigenvalue weighted by Crippen LogP contribution is 2.19. The molecule has 0 aromatic heterocycles. The van der Waals surface area contributed by atoms with Crippen LogP contribution in [0.2, 0.25) is 0 Å². The molecule has 1 aliphatic rings. The van der Waals surface area contributed by atoms with E-state index in [0.29, 0.717) is 19.6 Å². The number of amides is 2. The van der Waals surface area contributed by atoms with Crippen LogP contribution in [0.5, 0.6) is 5.75 Å². The average Bonchev–Trinajstić information content (AvgIpc) is 2.93. The number of carbonyl (C=O) groups is 2. The Bertz CT molecular complexity index is 599. The zero-order valence-electron chi connectivity index (χ0n) is 16.4. The van der Waals surface area contributed by atoms with Crippen LogP contribution in [0.3, 0.4) is 0 Å². The minimum absolute atomic E-state index is 0.00672. The number of para-hydroxylation sites is 1. The van der Waals surface area contributed by atoms with E-state index in [1.54, 1.807) is 0 Å². The van der Waals surface area contributed by atoms with Crippen molar-refractivity contribution in [1.82, 2.24) is 9.80 Å². The summed E-state index contributed by atoms with van der Waals surface area (Å²) in [6.45, 7) is 8.87. The first-order valence-corrected chi connectivity index (χ1v) is 9.87. The zero-order valence-corrected chi connectivity index (χ0v) is 16.4. The lowest BCUT2D eigenvalue weighted by atomic mass is 10.0. The smallest absolute Gasteiger partial charge is 0.260 e. The highest BCUT2D eigenvalue weighted by atomic mass is 16.5. The number of rotatable bonds is 7. The lowest BCUT2D eigenvalue weighted by molar-refractivity contribution is -0.137. The third-order valence-electron chi connectivity index (χ3n) is 5.20. The van der Waals surface area contributed by atoms with Crippen molar-refractivity contribution in [1.29, 1.82) is 0 Å². The summed E-state index contributed by atoms with van der Waals surface area (Å²) >= 11 is 0. The molecule has 26 heavy (non-hydrogen) atoms. The number of carbonyl (C=O) groups excluding carboxylic acids is 2. The lowest BCUT2D eigenvalue weighted by Crippen LogP contribution is -2.41. The molecule has 144 valence electrons. The largest absolute Gasteiger partial charge is 0.483 e. The maximum Gasteiger partial charge on any atom is 0.260 e. The summed E-state index contributed by atoms with van der Waals surface area (Å²) in [5, 5.41) is 0. The standard InChI is InChI=1S/C21H32N2O3/c1-4-17(5-2)21(25)23-13-9-12-22(14-15-23)20(24)16-26-19-11-8-7-10-18(19)6-3/h7-8,10-11,17H,4-6,9,12-16H2,1-3H3. The van der Waals surface area contributed by atoms with Crippen LogP contribution in [-0.2, 0) is 16.0 Å². The van der Waals surface area contributed by atoms with Crippen LogP contribution < -0.4 is 4.74 Å². The second kappa shape index (κ2) is 10.2. The average molecular weight is 360 g/mol. The summed E-state index contributed by atoms with van der Waals surface area (Å²) in [6, 6.07) is 7.83. The quantitative estimate of drug-likeness (QED) is 0.751. The van der Waals surface area contributed by atoms with Gasteiger partial charge in [-0.15, -0.1) is 0 Å². The normalized spacial score (nSPS) is 15.1. The van der Waals surface area contributed by atoms with Gasteiger partial charge in [0.1, 0.15) is 5.75 Å². The molecule has 1 aromatic rings. The Hall–Kier alpha value is -2.04. The van der Waals surface area contributed by atoms with Crippen LogP contribution >= 0.6 is 0 Å².